The number of nitrogens with zero attached hydrogens (tertiary/aromatic N) is 7. The molecule has 4 heterocycles. The average molecular weight is 486 g/mol. The van der Waals surface area contributed by atoms with Crippen molar-refractivity contribution in [3.05, 3.63) is 89.9 Å². The van der Waals surface area contributed by atoms with E-state index in [0.29, 0.717) is 23.7 Å². The molecule has 1 saturated carbocycles. The molecule has 0 bridgehead atoms. The van der Waals surface area contributed by atoms with Gasteiger partial charge in [-0.25, -0.2) is 19.0 Å². The van der Waals surface area contributed by atoms with E-state index in [2.05, 4.69) is 32.5 Å². The van der Waals surface area contributed by atoms with Gasteiger partial charge in [-0.1, -0.05) is 11.3 Å². The molecule has 1 aromatic carbocycles. The van der Waals surface area contributed by atoms with E-state index in [9.17, 15) is 4.79 Å². The molecule has 1 aliphatic rings. The molecular weight excluding hydrogens is 461 g/mol. The molecule has 0 atom stereocenters. The Morgan fingerprint density at radius 3 is 2.83 bits per heavy atom. The summed E-state index contributed by atoms with van der Waals surface area (Å²) in [6, 6.07) is 7.48. The van der Waals surface area contributed by atoms with Gasteiger partial charge in [0.15, 0.2) is 17.3 Å². The molecule has 0 spiro atoms. The van der Waals surface area contributed by atoms with Crippen LogP contribution in [0.15, 0.2) is 61.6 Å². The van der Waals surface area contributed by atoms with Crippen LogP contribution in [0.1, 0.15) is 52.5 Å². The fraction of sp³-hybridized carbons (Fsp3) is 0.269. The number of hydrogen-bond donors (Lipinski definition) is 0. The van der Waals surface area contributed by atoms with Crippen molar-refractivity contribution in [1.29, 1.82) is 0 Å². The van der Waals surface area contributed by atoms with Crippen LogP contribution in [0.25, 0.3) is 11.3 Å². The van der Waals surface area contributed by atoms with Crippen molar-refractivity contribution in [2.24, 2.45) is 0 Å². The standard InChI is InChI=1S/C26H24FN7O2/c1-36-24-8-6-22(32-11-10-28-16-32)20(26(24)27)5-7-23(35)21-15-34(31-30-21)14-19-13-33-12-18(17-2-3-17)4-9-25(33)29-19/h4,6,8-13,15-17H,2-3,5,7,14H2,1H3. The van der Waals surface area contributed by atoms with Crippen molar-refractivity contribution < 1.29 is 13.9 Å². The second-order valence-corrected chi connectivity index (χ2v) is 9.01. The molecule has 1 aliphatic carbocycles. The van der Waals surface area contributed by atoms with Crippen LogP contribution in [-0.4, -0.2) is 46.8 Å². The van der Waals surface area contributed by atoms with Gasteiger partial charge in [-0.3, -0.25) is 4.79 Å². The minimum Gasteiger partial charge on any atom is -0.494 e. The Morgan fingerprint density at radius 1 is 1.17 bits per heavy atom. The Bertz CT molecular complexity index is 1550. The van der Waals surface area contributed by atoms with Crippen LogP contribution in [0.4, 0.5) is 4.39 Å². The largest absolute Gasteiger partial charge is 0.494 e. The monoisotopic (exact) mass is 485 g/mol. The average Bonchev–Trinajstić information content (AvgIpc) is 3.24. The lowest BCUT2D eigenvalue weighted by atomic mass is 10.0. The molecule has 1 fully saturated rings. The van der Waals surface area contributed by atoms with Crippen molar-refractivity contribution in [1.82, 2.24) is 33.9 Å². The maximum atomic E-state index is 15.1. The highest BCUT2D eigenvalue weighted by Gasteiger charge is 2.24. The Labute approximate surface area is 206 Å². The summed E-state index contributed by atoms with van der Waals surface area (Å²) in [4.78, 5) is 21.6. The Kier molecular flexibility index (Phi) is 5.55. The third-order valence-electron chi connectivity index (χ3n) is 6.51. The topological polar surface area (TPSA) is 92.1 Å². The maximum Gasteiger partial charge on any atom is 0.185 e. The number of methoxy groups -OCH3 is 1. The normalized spacial score (nSPS) is 13.4. The van der Waals surface area contributed by atoms with E-state index < -0.39 is 5.82 Å². The van der Waals surface area contributed by atoms with Gasteiger partial charge >= 0.3 is 0 Å². The van der Waals surface area contributed by atoms with Gasteiger partial charge in [0.2, 0.25) is 0 Å². The molecule has 0 amide bonds. The number of benzene rings is 1. The number of pyridine rings is 1. The van der Waals surface area contributed by atoms with Crippen molar-refractivity contribution in [2.75, 3.05) is 7.11 Å². The number of halogens is 1. The second-order valence-electron chi connectivity index (χ2n) is 9.01. The number of hydrogen-bond acceptors (Lipinski definition) is 6. The van der Waals surface area contributed by atoms with E-state index in [-0.39, 0.29) is 30.1 Å². The highest BCUT2D eigenvalue weighted by atomic mass is 19.1. The second kappa shape index (κ2) is 9.03. The van der Waals surface area contributed by atoms with E-state index in [0.717, 1.165) is 11.3 Å². The summed E-state index contributed by atoms with van der Waals surface area (Å²) in [6.07, 6.45) is 13.4. The minimum atomic E-state index is -0.489. The molecular formula is C26H24FN7O2. The highest BCUT2D eigenvalue weighted by molar-refractivity contribution is 5.94. The number of aromatic nitrogens is 7. The van der Waals surface area contributed by atoms with Crippen molar-refractivity contribution in [3.63, 3.8) is 0 Å². The van der Waals surface area contributed by atoms with Crippen LogP contribution < -0.4 is 4.74 Å². The summed E-state index contributed by atoms with van der Waals surface area (Å²) in [5, 5.41) is 8.15. The summed E-state index contributed by atoms with van der Waals surface area (Å²) >= 11 is 0. The number of ketones is 1. The lowest BCUT2D eigenvalue weighted by Gasteiger charge is -2.13. The SMILES string of the molecule is COc1ccc(-n2ccnc2)c(CCC(=O)c2cn(Cc3cn4cc(C5CC5)ccc4n3)nn2)c1F. The first-order chi connectivity index (χ1) is 17.6. The number of Topliss-reactive ketones (excluding diaryl/α,β-unsaturated/α-hetero) is 1. The summed E-state index contributed by atoms with van der Waals surface area (Å²) in [7, 11) is 1.41. The van der Waals surface area contributed by atoms with Crippen LogP contribution in [0.3, 0.4) is 0 Å². The third kappa shape index (κ3) is 4.26. The van der Waals surface area contributed by atoms with Crippen LogP contribution in [0.5, 0.6) is 5.75 Å². The zero-order chi connectivity index (χ0) is 24.6. The smallest absolute Gasteiger partial charge is 0.185 e. The van der Waals surface area contributed by atoms with Gasteiger partial charge in [-0.2, -0.15) is 0 Å². The van der Waals surface area contributed by atoms with Gasteiger partial charge in [0.1, 0.15) is 11.3 Å². The Hall–Kier alpha value is -4.34. The first-order valence-corrected chi connectivity index (χ1v) is 11.8. The molecule has 0 radical (unpaired) electrons. The summed E-state index contributed by atoms with van der Waals surface area (Å²) < 4.78 is 25.5. The van der Waals surface area contributed by atoms with Gasteiger partial charge in [-0.15, -0.1) is 5.10 Å². The molecule has 36 heavy (non-hydrogen) atoms. The van der Waals surface area contributed by atoms with E-state index in [1.807, 2.05) is 16.7 Å². The first-order valence-electron chi connectivity index (χ1n) is 11.8. The number of carbonyl (C=O) groups excluding carboxylic acids is 1. The summed E-state index contributed by atoms with van der Waals surface area (Å²) in [6.45, 7) is 0.399. The molecule has 9 nitrogen and oxygen atoms in total. The van der Waals surface area contributed by atoms with Gasteiger partial charge in [0.05, 0.1) is 37.6 Å². The zero-order valence-corrected chi connectivity index (χ0v) is 19.7. The Balaban J connectivity index is 1.16. The van der Waals surface area contributed by atoms with E-state index >= 15 is 4.39 Å². The van der Waals surface area contributed by atoms with E-state index in [1.54, 1.807) is 46.3 Å². The van der Waals surface area contributed by atoms with Gasteiger partial charge in [-0.05, 0) is 48.9 Å². The van der Waals surface area contributed by atoms with Gasteiger partial charge in [0, 0.05) is 36.8 Å². The molecule has 0 saturated heterocycles. The van der Waals surface area contributed by atoms with Crippen LogP contribution in [0, 0.1) is 5.82 Å². The quantitative estimate of drug-likeness (QED) is 0.293. The fourth-order valence-corrected chi connectivity index (χ4v) is 4.46. The van der Waals surface area contributed by atoms with Crippen LogP contribution in [-0.2, 0) is 13.0 Å². The first kappa shape index (κ1) is 22.1. The molecule has 0 unspecified atom stereocenters. The van der Waals surface area contributed by atoms with Crippen molar-refractivity contribution in [3.8, 4) is 11.4 Å². The highest BCUT2D eigenvalue weighted by Crippen LogP contribution is 2.39. The molecule has 6 rings (SSSR count). The summed E-state index contributed by atoms with van der Waals surface area (Å²) in [5.74, 6) is 0.0931. The third-order valence-corrected chi connectivity index (χ3v) is 6.51. The molecule has 5 aromatic rings. The molecule has 0 N–H and O–H groups in total. The maximum absolute atomic E-state index is 15.1. The van der Waals surface area contributed by atoms with Crippen LogP contribution in [0.2, 0.25) is 0 Å². The number of fused-ring (bicyclic) bond motifs is 1. The number of rotatable bonds is 9. The lowest BCUT2D eigenvalue weighted by Crippen LogP contribution is -2.07. The number of ether oxygens (including phenoxy) is 1. The van der Waals surface area contributed by atoms with Gasteiger partial charge in [0.25, 0.3) is 0 Å². The van der Waals surface area contributed by atoms with Crippen molar-refractivity contribution >= 4 is 11.4 Å². The predicted octanol–water partition coefficient (Wildman–Crippen LogP) is 4.00. The number of carbonyl (C=O) groups is 1. The minimum absolute atomic E-state index is 0.0722. The molecule has 0 aliphatic heterocycles. The molecule has 4 aromatic heterocycles. The van der Waals surface area contributed by atoms with Crippen LogP contribution >= 0.6 is 0 Å². The Morgan fingerprint density at radius 2 is 2.06 bits per heavy atom. The number of imidazole rings is 2. The van der Waals surface area contributed by atoms with Crippen molar-refractivity contribution in [2.45, 2.75) is 38.1 Å². The van der Waals surface area contributed by atoms with E-state index in [1.165, 1.54) is 25.5 Å². The zero-order valence-electron chi connectivity index (χ0n) is 19.7. The predicted molar refractivity (Wildman–Crippen MR) is 129 cm³/mol. The summed E-state index contributed by atoms with van der Waals surface area (Å²) in [5.41, 5.74) is 4.27. The lowest BCUT2D eigenvalue weighted by molar-refractivity contribution is 0.0977. The van der Waals surface area contributed by atoms with E-state index in [4.69, 9.17) is 4.74 Å². The molecule has 182 valence electrons. The molecule has 10 heteroatoms. The fourth-order valence-electron chi connectivity index (χ4n) is 4.46. The van der Waals surface area contributed by atoms with Gasteiger partial charge < -0.3 is 13.7 Å².